The normalized spacial score (nSPS) is 18.4. The van der Waals surface area contributed by atoms with E-state index in [9.17, 15) is 14.4 Å². The highest BCUT2D eigenvalue weighted by molar-refractivity contribution is 8.00. The fourth-order valence-electron chi connectivity index (χ4n) is 4.55. The Labute approximate surface area is 260 Å². The average molecular weight is 639 g/mol. The van der Waals surface area contributed by atoms with E-state index in [-0.39, 0.29) is 34.9 Å². The highest BCUT2D eigenvalue weighted by atomic mass is 35.5. The molecule has 1 unspecified atom stereocenters. The molecule has 2 aliphatic heterocycles. The molecule has 0 radical (unpaired) electrons. The first-order valence-electron chi connectivity index (χ1n) is 13.2. The van der Waals surface area contributed by atoms with E-state index >= 15 is 0 Å². The van der Waals surface area contributed by atoms with E-state index in [0.29, 0.717) is 11.3 Å². The number of oxime groups is 1. The van der Waals surface area contributed by atoms with E-state index in [1.54, 1.807) is 19.1 Å². The van der Waals surface area contributed by atoms with Crippen molar-refractivity contribution in [3.8, 4) is 0 Å². The predicted molar refractivity (Wildman–Crippen MR) is 165 cm³/mol. The summed E-state index contributed by atoms with van der Waals surface area (Å²) >= 11 is 8.20. The molecule has 0 saturated carbocycles. The highest BCUT2D eigenvalue weighted by Crippen LogP contribution is 2.42. The third-order valence-electron chi connectivity index (χ3n) is 6.47. The van der Waals surface area contributed by atoms with Gasteiger partial charge in [-0.1, -0.05) is 78.0 Å². The van der Waals surface area contributed by atoms with Gasteiger partial charge < -0.3 is 20.6 Å². The number of allylic oxidation sites excluding steroid dienone is 2. The number of amides is 2. The molecule has 0 bridgehead atoms. The molecule has 2 amide bonds. The number of hydrogen-bond acceptors (Lipinski definition) is 11. The number of nitrogens with zero attached hydrogens (tertiary/aromatic N) is 4. The van der Waals surface area contributed by atoms with Gasteiger partial charge in [0.2, 0.25) is 11.5 Å². The van der Waals surface area contributed by atoms with Gasteiger partial charge in [-0.15, -0.1) is 23.4 Å². The Morgan fingerprint density at radius 2 is 1.86 bits per heavy atom. The summed E-state index contributed by atoms with van der Waals surface area (Å²) in [7, 11) is 0. The second-order valence-corrected chi connectivity index (χ2v) is 11.4. The van der Waals surface area contributed by atoms with E-state index in [1.165, 1.54) is 16.7 Å². The first kappa shape index (κ1) is 30.3. The van der Waals surface area contributed by atoms with Crippen molar-refractivity contribution in [2.45, 2.75) is 24.4 Å². The van der Waals surface area contributed by atoms with Crippen LogP contribution in [-0.2, 0) is 24.0 Å². The van der Waals surface area contributed by atoms with Gasteiger partial charge in [0.25, 0.3) is 11.8 Å². The van der Waals surface area contributed by atoms with Crippen LogP contribution in [-0.4, -0.2) is 67.4 Å². The lowest BCUT2D eigenvalue weighted by molar-refractivity contribution is -0.154. The lowest BCUT2D eigenvalue weighted by atomic mass is 10.0. The maximum atomic E-state index is 13.9. The largest absolute Gasteiger partial charge is 0.448 e. The Morgan fingerprint density at radius 1 is 1.19 bits per heavy atom. The van der Waals surface area contributed by atoms with Crippen LogP contribution in [0.25, 0.3) is 0 Å². The Bertz CT molecular complexity index is 1540. The molecular weight excluding hydrogens is 612 g/mol. The predicted octanol–water partition coefficient (Wildman–Crippen LogP) is 3.64. The minimum Gasteiger partial charge on any atom is -0.448 e. The van der Waals surface area contributed by atoms with E-state index < -0.39 is 35.3 Å². The second-order valence-electron chi connectivity index (χ2n) is 9.21. The molecule has 2 aliphatic rings. The highest BCUT2D eigenvalue weighted by Gasteiger charge is 2.54. The van der Waals surface area contributed by atoms with E-state index in [1.807, 2.05) is 60.7 Å². The number of nitrogens with two attached hydrogens (primary N) is 1. The van der Waals surface area contributed by atoms with Gasteiger partial charge >= 0.3 is 5.97 Å². The van der Waals surface area contributed by atoms with Gasteiger partial charge in [-0.3, -0.25) is 14.5 Å². The number of halogens is 1. The number of benzene rings is 2. The van der Waals surface area contributed by atoms with Crippen molar-refractivity contribution in [2.75, 3.05) is 24.0 Å². The number of thioether (sulfide) groups is 1. The zero-order valence-electron chi connectivity index (χ0n) is 22.9. The first-order chi connectivity index (χ1) is 20.9. The summed E-state index contributed by atoms with van der Waals surface area (Å²) in [6.07, 6.45) is 2.71. The third-order valence-corrected chi connectivity index (χ3v) is 8.49. The summed E-state index contributed by atoms with van der Waals surface area (Å²) in [6, 6.07) is 17.8. The number of carbonyl (C=O) groups excluding carboxylic acids is 3. The monoisotopic (exact) mass is 638 g/mol. The summed E-state index contributed by atoms with van der Waals surface area (Å²) in [5.41, 5.74) is 7.72. The summed E-state index contributed by atoms with van der Waals surface area (Å²) in [6.45, 7) is 1.91. The van der Waals surface area contributed by atoms with Crippen molar-refractivity contribution in [2.24, 2.45) is 5.16 Å². The number of ether oxygens (including phenoxy) is 1. The molecule has 3 heterocycles. The average Bonchev–Trinajstić information content (AvgIpc) is 3.47. The summed E-state index contributed by atoms with van der Waals surface area (Å²) < 4.78 is 10.2. The minimum atomic E-state index is -0.944. The van der Waals surface area contributed by atoms with E-state index in [2.05, 4.69) is 19.8 Å². The third kappa shape index (κ3) is 6.58. The second kappa shape index (κ2) is 13.8. The Hall–Kier alpha value is -4.20. The molecule has 1 aromatic heterocycles. The Morgan fingerprint density at radius 3 is 2.44 bits per heavy atom. The molecule has 0 spiro atoms. The summed E-state index contributed by atoms with van der Waals surface area (Å²) in [5, 5.41) is 6.12. The number of anilines is 1. The molecule has 14 heteroatoms. The van der Waals surface area contributed by atoms with Crippen molar-refractivity contribution in [1.29, 1.82) is 0 Å². The molecule has 222 valence electrons. The Balaban J connectivity index is 1.41. The molecule has 3 N–H and O–H groups in total. The number of aromatic nitrogens is 2. The molecular formula is C29H27ClN6O5S2. The van der Waals surface area contributed by atoms with Gasteiger partial charge in [0.15, 0.2) is 11.2 Å². The lowest BCUT2D eigenvalue weighted by Gasteiger charge is -2.49. The van der Waals surface area contributed by atoms with Gasteiger partial charge in [0.1, 0.15) is 23.7 Å². The van der Waals surface area contributed by atoms with Crippen LogP contribution in [0.15, 0.2) is 89.2 Å². The molecule has 1 saturated heterocycles. The van der Waals surface area contributed by atoms with Crippen LogP contribution in [0, 0.1) is 0 Å². The number of rotatable bonds is 11. The zero-order chi connectivity index (χ0) is 30.3. The zero-order valence-corrected chi connectivity index (χ0v) is 25.3. The smallest absolute Gasteiger partial charge is 0.356 e. The molecule has 2 aromatic carbocycles. The number of carbonyl (C=O) groups is 3. The molecule has 0 aliphatic carbocycles. The molecule has 43 heavy (non-hydrogen) atoms. The maximum absolute atomic E-state index is 13.9. The van der Waals surface area contributed by atoms with Crippen LogP contribution in [0.4, 0.5) is 5.13 Å². The number of nitrogen functional groups attached to an aromatic ring is 1. The number of β-lactam (4-membered cyclic amide) rings is 1. The van der Waals surface area contributed by atoms with Crippen molar-refractivity contribution in [3.05, 3.63) is 101 Å². The maximum Gasteiger partial charge on any atom is 0.356 e. The van der Waals surface area contributed by atoms with E-state index in [4.69, 9.17) is 26.9 Å². The Kier molecular flexibility index (Phi) is 9.75. The number of alkyl halides is 1. The van der Waals surface area contributed by atoms with Gasteiger partial charge in [-0.2, -0.15) is 9.36 Å². The SMILES string of the molecule is CCO/N=C(/C(=O)NC1C(=O)N2C(C(=O)OC(c3ccccc3)c3ccccc3)=C(C=CCCl)CS[C@H]12)c1nsc(N)n1. The molecule has 1 fully saturated rings. The van der Waals surface area contributed by atoms with Crippen molar-refractivity contribution < 1.29 is 24.0 Å². The quantitative estimate of drug-likeness (QED) is 0.106. The van der Waals surface area contributed by atoms with Gasteiger partial charge in [-0.05, 0) is 23.6 Å². The molecule has 3 aromatic rings. The van der Waals surface area contributed by atoms with Gasteiger partial charge in [-0.25, -0.2) is 4.79 Å². The fourth-order valence-corrected chi connectivity index (χ4v) is 6.39. The standard InChI is InChI=1S/C29H27ClN6O5S2/c1-2-40-34-20(24-33-29(31)43-35-24)25(37)32-21-26(38)36-22(19(14-9-15-30)16-42-27(21)36)28(39)41-23(17-10-5-3-6-11-17)18-12-7-4-8-13-18/h3-14,21,23,27H,2,15-16H2,1H3,(H,32,37)(H2,31,33,35)/b14-9?,34-20+/t21?,27-/m1/s1. The number of hydrogen-bond donors (Lipinski definition) is 2. The van der Waals surface area contributed by atoms with Crippen LogP contribution in [0.1, 0.15) is 30.0 Å². The van der Waals surface area contributed by atoms with Crippen molar-refractivity contribution in [1.82, 2.24) is 19.6 Å². The van der Waals surface area contributed by atoms with Crippen molar-refractivity contribution >= 4 is 63.5 Å². The van der Waals surface area contributed by atoms with E-state index in [0.717, 1.165) is 22.7 Å². The topological polar surface area (TPSA) is 149 Å². The first-order valence-corrected chi connectivity index (χ1v) is 15.6. The van der Waals surface area contributed by atoms with Crippen LogP contribution in [0.3, 0.4) is 0 Å². The van der Waals surface area contributed by atoms with Crippen LogP contribution < -0.4 is 11.1 Å². The minimum absolute atomic E-state index is 0.0149. The van der Waals surface area contributed by atoms with Crippen molar-refractivity contribution in [3.63, 3.8) is 0 Å². The van der Waals surface area contributed by atoms with Crippen LogP contribution in [0.2, 0.25) is 0 Å². The van der Waals surface area contributed by atoms with Crippen LogP contribution >= 0.6 is 34.9 Å². The van der Waals surface area contributed by atoms with Gasteiger partial charge in [0.05, 0.1) is 0 Å². The molecule has 11 nitrogen and oxygen atoms in total. The lowest BCUT2D eigenvalue weighted by Crippen LogP contribution is -2.71. The van der Waals surface area contributed by atoms with Crippen LogP contribution in [0.5, 0.6) is 0 Å². The summed E-state index contributed by atoms with van der Waals surface area (Å²) in [5.74, 6) is -1.27. The van der Waals surface area contributed by atoms with Gasteiger partial charge in [0, 0.05) is 23.2 Å². The molecule has 2 atom stereocenters. The fraction of sp³-hybridized carbons (Fsp3) is 0.241. The number of fused-ring (bicyclic) bond motifs is 1. The number of esters is 1. The summed E-state index contributed by atoms with van der Waals surface area (Å²) in [4.78, 5) is 51.1. The number of nitrogens with one attached hydrogen (secondary N) is 1. The molecule has 5 rings (SSSR count).